The van der Waals surface area contributed by atoms with Gasteiger partial charge in [-0.15, -0.1) is 0 Å². The molecular formula is C5H22AlO6Si2-2. The summed E-state index contributed by atoms with van der Waals surface area (Å²) in [5.41, 5.74) is 0. The first-order valence-corrected chi connectivity index (χ1v) is 10.7. The summed E-state index contributed by atoms with van der Waals surface area (Å²) in [4.78, 5) is 9.85. The standard InChI is InChI=1S/C5H16O3Si2.Al.3H2O/c1-9(2,3)8-10(4,5,6)7;;;;/h6H,1-5H3;;3*1H2/q-2;;;;. The van der Waals surface area contributed by atoms with Gasteiger partial charge in [-0.3, -0.25) is 0 Å². The Morgan fingerprint density at radius 2 is 1.36 bits per heavy atom. The fourth-order valence-electron chi connectivity index (χ4n) is 0.898. The maximum atomic E-state index is 9.85. The van der Waals surface area contributed by atoms with Gasteiger partial charge in [-0.25, -0.2) is 0 Å². The molecule has 91 valence electrons. The van der Waals surface area contributed by atoms with Crippen molar-refractivity contribution in [2.75, 3.05) is 0 Å². The molecule has 0 saturated heterocycles. The summed E-state index contributed by atoms with van der Waals surface area (Å²) >= 11 is 2.07. The Labute approximate surface area is 94.8 Å². The third-order valence-electron chi connectivity index (χ3n) is 0.934. The molecule has 3 radical (unpaired) electrons. The summed E-state index contributed by atoms with van der Waals surface area (Å²) in [6, 6.07) is 0. The largest absolute Gasteiger partial charge is 0.412 e. The quantitative estimate of drug-likeness (QED) is 0.627. The van der Waals surface area contributed by atoms with E-state index in [1.54, 1.807) is 13.1 Å². The van der Waals surface area contributed by atoms with Crippen LogP contribution in [0.3, 0.4) is 0 Å². The Morgan fingerprint density at radius 3 is 1.43 bits per heavy atom. The predicted molar refractivity (Wildman–Crippen MR) is 61.8 cm³/mol. The van der Waals surface area contributed by atoms with Gasteiger partial charge in [0.2, 0.25) is 0 Å². The monoisotopic (exact) mass is 261 g/mol. The third-order valence-corrected chi connectivity index (χ3v) is 8.41. The maximum absolute atomic E-state index is 9.85. The van der Waals surface area contributed by atoms with Crippen molar-refractivity contribution in [1.82, 2.24) is 0 Å². The van der Waals surface area contributed by atoms with Crippen molar-refractivity contribution in [1.29, 1.82) is 0 Å². The molecule has 0 aliphatic carbocycles. The van der Waals surface area contributed by atoms with E-state index in [4.69, 9.17) is 7.59 Å². The van der Waals surface area contributed by atoms with Gasteiger partial charge in [0, 0.05) is 0 Å². The maximum Gasteiger partial charge on any atom is -0.412 e. The van der Waals surface area contributed by atoms with Crippen LogP contribution in [0.4, 0.5) is 0 Å². The van der Waals surface area contributed by atoms with E-state index in [2.05, 4.69) is 16.6 Å². The van der Waals surface area contributed by atoms with Gasteiger partial charge in [0.05, 0.1) is 0 Å². The number of hydrogen-bond donors (Lipinski definition) is 1. The molecule has 0 aliphatic heterocycles. The van der Waals surface area contributed by atoms with E-state index >= 15 is 0 Å². The van der Waals surface area contributed by atoms with Crippen molar-refractivity contribution in [2.45, 2.75) is 32.7 Å². The fourth-order valence-corrected chi connectivity index (χ4v) is 8.52. The SMILES string of the molecule is C[Si](C)(C)O[Si-](C)(C)(O)[O][Al-].O.O.O. The zero-order chi connectivity index (χ0) is 9.36. The molecular weight excluding hydrogens is 239 g/mol. The minimum Gasteiger partial charge on any atom is -0.412 e. The molecule has 0 aromatic heterocycles. The molecule has 0 unspecified atom stereocenters. The second-order valence-electron chi connectivity index (χ2n) is 4.36. The van der Waals surface area contributed by atoms with E-state index in [-0.39, 0.29) is 16.4 Å². The van der Waals surface area contributed by atoms with Crippen LogP contribution in [0.15, 0.2) is 0 Å². The number of rotatable bonds is 3. The second kappa shape index (κ2) is 6.34. The Morgan fingerprint density at radius 1 is 1.07 bits per heavy atom. The molecule has 0 bridgehead atoms. The molecule has 0 atom stereocenters. The van der Waals surface area contributed by atoms with Crippen molar-refractivity contribution in [3.05, 3.63) is 0 Å². The van der Waals surface area contributed by atoms with E-state index in [9.17, 15) is 4.80 Å². The van der Waals surface area contributed by atoms with Crippen molar-refractivity contribution < 1.29 is 28.8 Å². The van der Waals surface area contributed by atoms with Crippen molar-refractivity contribution in [3.8, 4) is 0 Å². The average Bonchev–Trinajstić information content (AvgIpc) is 1.57. The Hall–Kier alpha value is 0.726. The van der Waals surface area contributed by atoms with Crippen molar-refractivity contribution >= 4 is 33.0 Å². The molecule has 7 N–H and O–H groups in total. The van der Waals surface area contributed by atoms with Crippen molar-refractivity contribution in [3.63, 3.8) is 0 Å². The van der Waals surface area contributed by atoms with Gasteiger partial charge in [-0.1, -0.05) is 0 Å². The molecule has 0 heterocycles. The molecule has 14 heavy (non-hydrogen) atoms. The predicted octanol–water partition coefficient (Wildman–Crippen LogP) is -1.39. The van der Waals surface area contributed by atoms with Gasteiger partial charge in [0.15, 0.2) is 0 Å². The van der Waals surface area contributed by atoms with Gasteiger partial charge < -0.3 is 16.4 Å². The zero-order valence-corrected chi connectivity index (χ0v) is 12.5. The molecule has 0 fully saturated rings. The minimum atomic E-state index is -3.48. The summed E-state index contributed by atoms with van der Waals surface area (Å²) < 4.78 is 10.5. The van der Waals surface area contributed by atoms with Crippen LogP contribution in [0.5, 0.6) is 0 Å². The molecule has 0 amide bonds. The first-order valence-electron chi connectivity index (χ1n) is 3.57. The van der Waals surface area contributed by atoms with Crippen LogP contribution in [0.25, 0.3) is 0 Å². The van der Waals surface area contributed by atoms with E-state index in [1.165, 1.54) is 0 Å². The Bertz CT molecular complexity index is 151. The van der Waals surface area contributed by atoms with Crippen LogP contribution in [0.1, 0.15) is 0 Å². The van der Waals surface area contributed by atoms with Crippen LogP contribution in [-0.2, 0) is 7.59 Å². The summed E-state index contributed by atoms with van der Waals surface area (Å²) in [5, 5.41) is 0. The van der Waals surface area contributed by atoms with Crippen molar-refractivity contribution in [2.24, 2.45) is 0 Å². The van der Waals surface area contributed by atoms with Gasteiger partial charge in [-0.05, 0) is 0 Å². The summed E-state index contributed by atoms with van der Waals surface area (Å²) in [6.07, 6.45) is 0. The van der Waals surface area contributed by atoms with Gasteiger partial charge in [0.1, 0.15) is 0 Å². The molecule has 9 heteroatoms. The topological polar surface area (TPSA) is 133 Å². The molecule has 0 aromatic carbocycles. The smallest absolute Gasteiger partial charge is 0.412 e. The van der Waals surface area contributed by atoms with Crippen LogP contribution in [0, 0.1) is 0 Å². The minimum absolute atomic E-state index is 0. The van der Waals surface area contributed by atoms with E-state index in [0.29, 0.717) is 0 Å². The summed E-state index contributed by atoms with van der Waals surface area (Å²) in [7, 11) is -5.19. The average molecular weight is 261 g/mol. The zero-order valence-electron chi connectivity index (χ0n) is 9.34. The van der Waals surface area contributed by atoms with E-state index in [1.807, 2.05) is 19.6 Å². The number of hydrogen-bond acceptors (Lipinski definition) is 3. The normalized spacial score (nSPS) is 13.8. The first-order chi connectivity index (χ1) is 4.53. The van der Waals surface area contributed by atoms with Crippen LogP contribution in [0.2, 0.25) is 32.7 Å². The van der Waals surface area contributed by atoms with Crippen LogP contribution >= 0.6 is 0 Å². The molecule has 6 nitrogen and oxygen atoms in total. The molecule has 0 rings (SSSR count). The second-order valence-corrected chi connectivity index (χ2v) is 14.4. The molecule has 0 spiro atoms. The Kier molecular flexibility index (Phi) is 10.9. The van der Waals surface area contributed by atoms with Crippen LogP contribution in [-0.4, -0.2) is 54.2 Å². The molecule has 0 aliphatic rings. The molecule has 0 aromatic rings. The first kappa shape index (κ1) is 24.1. The van der Waals surface area contributed by atoms with E-state index in [0.717, 1.165) is 0 Å². The Balaban J connectivity index is -0.000000167. The summed E-state index contributed by atoms with van der Waals surface area (Å²) in [5.74, 6) is 0. The van der Waals surface area contributed by atoms with Gasteiger partial charge in [0.25, 0.3) is 0 Å². The summed E-state index contributed by atoms with van der Waals surface area (Å²) in [6.45, 7) is 9.35. The van der Waals surface area contributed by atoms with E-state index < -0.39 is 16.4 Å². The van der Waals surface area contributed by atoms with Crippen LogP contribution < -0.4 is 0 Å². The fraction of sp³-hybridized carbons (Fsp3) is 1.00. The van der Waals surface area contributed by atoms with Gasteiger partial charge in [-0.2, -0.15) is 0 Å². The van der Waals surface area contributed by atoms with Gasteiger partial charge >= 0.3 is 78.1 Å². The third kappa shape index (κ3) is 12.7. The molecule has 0 saturated carbocycles.